The van der Waals surface area contributed by atoms with Crippen molar-refractivity contribution in [2.45, 2.75) is 37.8 Å². The quantitative estimate of drug-likeness (QED) is 0.746. The Balaban J connectivity index is 1.66. The molecule has 0 amide bonds. The van der Waals surface area contributed by atoms with Crippen LogP contribution in [0.2, 0.25) is 0 Å². The largest absolute Gasteiger partial charge is 0.458 e. The fourth-order valence-electron chi connectivity index (χ4n) is 3.03. The van der Waals surface area contributed by atoms with Crippen LogP contribution in [0, 0.1) is 0 Å². The van der Waals surface area contributed by atoms with E-state index in [1.165, 1.54) is 5.56 Å². The number of nitrogens with zero attached hydrogens (tertiary/aromatic N) is 2. The van der Waals surface area contributed by atoms with Gasteiger partial charge in [-0.3, -0.25) is 14.7 Å². The van der Waals surface area contributed by atoms with Crippen LogP contribution in [0.3, 0.4) is 0 Å². The Morgan fingerprint density at radius 1 is 1.33 bits per heavy atom. The fourth-order valence-corrected chi connectivity index (χ4v) is 3.03. The summed E-state index contributed by atoms with van der Waals surface area (Å²) in [5, 5.41) is 0. The molecule has 0 aliphatic carbocycles. The molecule has 2 aliphatic rings. The van der Waals surface area contributed by atoms with Gasteiger partial charge in [0, 0.05) is 31.9 Å². The number of likely N-dealkylation sites (tertiary alicyclic amines) is 1. The smallest absolute Gasteiger partial charge is 0.306 e. The summed E-state index contributed by atoms with van der Waals surface area (Å²) in [6.45, 7) is 2.88. The molecule has 1 spiro atoms. The second kappa shape index (κ2) is 4.69. The highest BCUT2D eigenvalue weighted by atomic mass is 16.6. The van der Waals surface area contributed by atoms with E-state index in [2.05, 4.69) is 9.88 Å². The number of hydrogen-bond donors (Lipinski definition) is 0. The lowest BCUT2D eigenvalue weighted by molar-refractivity contribution is -0.152. The molecule has 2 saturated heterocycles. The number of aromatic nitrogens is 1. The average Bonchev–Trinajstić information content (AvgIpc) is 2.72. The van der Waals surface area contributed by atoms with Crippen molar-refractivity contribution < 1.29 is 9.53 Å². The lowest BCUT2D eigenvalue weighted by Gasteiger charge is -2.39. The monoisotopic (exact) mass is 246 g/mol. The number of hydrogen-bond acceptors (Lipinski definition) is 4. The van der Waals surface area contributed by atoms with Gasteiger partial charge in [-0.25, -0.2) is 0 Å². The number of esters is 1. The van der Waals surface area contributed by atoms with E-state index in [9.17, 15) is 4.79 Å². The Morgan fingerprint density at radius 2 is 2.17 bits per heavy atom. The lowest BCUT2D eigenvalue weighted by atomic mass is 9.90. The van der Waals surface area contributed by atoms with Gasteiger partial charge < -0.3 is 4.74 Å². The number of carbonyl (C=O) groups is 1. The SMILES string of the molecule is O=C1CC[C@@]2(CCCN(Cc3ccncc3)C2)O1. The minimum absolute atomic E-state index is 0.0271. The van der Waals surface area contributed by atoms with Crippen LogP contribution in [0.4, 0.5) is 0 Å². The van der Waals surface area contributed by atoms with E-state index < -0.39 is 0 Å². The molecule has 0 saturated carbocycles. The first-order valence-corrected chi connectivity index (χ1v) is 6.59. The second-order valence-corrected chi connectivity index (χ2v) is 5.33. The highest BCUT2D eigenvalue weighted by Gasteiger charge is 2.43. The van der Waals surface area contributed by atoms with Gasteiger partial charge in [0.2, 0.25) is 0 Å². The van der Waals surface area contributed by atoms with Crippen LogP contribution in [-0.4, -0.2) is 34.5 Å². The Morgan fingerprint density at radius 3 is 2.89 bits per heavy atom. The molecule has 0 radical (unpaired) electrons. The molecule has 0 unspecified atom stereocenters. The predicted octanol–water partition coefficient (Wildman–Crippen LogP) is 1.75. The van der Waals surface area contributed by atoms with Gasteiger partial charge in [-0.05, 0) is 43.5 Å². The van der Waals surface area contributed by atoms with E-state index in [1.54, 1.807) is 0 Å². The van der Waals surface area contributed by atoms with E-state index in [0.29, 0.717) is 6.42 Å². The van der Waals surface area contributed by atoms with Gasteiger partial charge in [0.15, 0.2) is 0 Å². The van der Waals surface area contributed by atoms with Crippen molar-refractivity contribution in [2.75, 3.05) is 13.1 Å². The molecule has 3 rings (SSSR count). The number of carbonyl (C=O) groups excluding carboxylic acids is 1. The third-order valence-corrected chi connectivity index (χ3v) is 3.89. The summed E-state index contributed by atoms with van der Waals surface area (Å²) < 4.78 is 5.56. The topological polar surface area (TPSA) is 42.4 Å². The normalized spacial score (nSPS) is 28.6. The molecule has 96 valence electrons. The van der Waals surface area contributed by atoms with Gasteiger partial charge in [-0.1, -0.05) is 0 Å². The molecule has 3 heterocycles. The van der Waals surface area contributed by atoms with Crippen LogP contribution in [0.25, 0.3) is 0 Å². The number of piperidine rings is 1. The van der Waals surface area contributed by atoms with Crippen molar-refractivity contribution in [1.29, 1.82) is 0 Å². The van der Waals surface area contributed by atoms with E-state index in [4.69, 9.17) is 4.74 Å². The number of rotatable bonds is 2. The molecule has 0 N–H and O–H groups in total. The van der Waals surface area contributed by atoms with Crippen LogP contribution in [0.15, 0.2) is 24.5 Å². The van der Waals surface area contributed by atoms with Crippen molar-refractivity contribution in [2.24, 2.45) is 0 Å². The summed E-state index contributed by atoms with van der Waals surface area (Å²) in [5.74, 6) is -0.0271. The van der Waals surface area contributed by atoms with Gasteiger partial charge in [0.25, 0.3) is 0 Å². The molecule has 0 aromatic carbocycles. The zero-order chi connectivity index (χ0) is 12.4. The minimum Gasteiger partial charge on any atom is -0.458 e. The van der Waals surface area contributed by atoms with E-state index in [1.807, 2.05) is 24.5 Å². The second-order valence-electron chi connectivity index (χ2n) is 5.33. The maximum Gasteiger partial charge on any atom is 0.306 e. The van der Waals surface area contributed by atoms with Crippen LogP contribution < -0.4 is 0 Å². The Labute approximate surface area is 107 Å². The third kappa shape index (κ3) is 2.38. The van der Waals surface area contributed by atoms with Gasteiger partial charge in [-0.2, -0.15) is 0 Å². The summed E-state index contributed by atoms with van der Waals surface area (Å²) in [5.41, 5.74) is 1.08. The van der Waals surface area contributed by atoms with E-state index in [0.717, 1.165) is 38.9 Å². The summed E-state index contributed by atoms with van der Waals surface area (Å²) >= 11 is 0. The fraction of sp³-hybridized carbons (Fsp3) is 0.571. The summed E-state index contributed by atoms with van der Waals surface area (Å²) in [4.78, 5) is 17.8. The Kier molecular flexibility index (Phi) is 3.04. The van der Waals surface area contributed by atoms with E-state index in [-0.39, 0.29) is 11.6 Å². The highest BCUT2D eigenvalue weighted by Crippen LogP contribution is 2.35. The van der Waals surface area contributed by atoms with Gasteiger partial charge in [0.05, 0.1) is 0 Å². The minimum atomic E-state index is -0.192. The first-order valence-electron chi connectivity index (χ1n) is 6.59. The zero-order valence-electron chi connectivity index (χ0n) is 10.5. The maximum atomic E-state index is 11.3. The lowest BCUT2D eigenvalue weighted by Crippen LogP contribution is -2.47. The summed E-state index contributed by atoms with van der Waals surface area (Å²) in [6, 6.07) is 4.09. The average molecular weight is 246 g/mol. The highest BCUT2D eigenvalue weighted by molar-refractivity contribution is 5.72. The van der Waals surface area contributed by atoms with E-state index >= 15 is 0 Å². The van der Waals surface area contributed by atoms with Gasteiger partial charge in [-0.15, -0.1) is 0 Å². The third-order valence-electron chi connectivity index (χ3n) is 3.89. The van der Waals surface area contributed by atoms with Crippen LogP contribution in [-0.2, 0) is 16.1 Å². The predicted molar refractivity (Wildman–Crippen MR) is 66.8 cm³/mol. The molecule has 18 heavy (non-hydrogen) atoms. The first kappa shape index (κ1) is 11.7. The number of pyridine rings is 1. The Bertz CT molecular complexity index is 435. The summed E-state index contributed by atoms with van der Waals surface area (Å²) in [7, 11) is 0. The molecule has 2 aliphatic heterocycles. The standard InChI is InChI=1S/C14H18N2O2/c17-13-2-6-14(18-13)5-1-9-16(11-14)10-12-3-7-15-8-4-12/h3-4,7-8H,1-2,5-6,9-11H2/t14-/m1/s1. The van der Waals surface area contributed by atoms with Crippen molar-refractivity contribution in [3.63, 3.8) is 0 Å². The first-order chi connectivity index (χ1) is 8.76. The van der Waals surface area contributed by atoms with Crippen LogP contribution >= 0.6 is 0 Å². The van der Waals surface area contributed by atoms with Gasteiger partial charge in [0.1, 0.15) is 5.60 Å². The molecule has 4 nitrogen and oxygen atoms in total. The molecule has 1 aromatic rings. The summed E-state index contributed by atoms with van der Waals surface area (Å²) in [6.07, 6.45) is 7.25. The Hall–Kier alpha value is -1.42. The molecule has 4 heteroatoms. The zero-order valence-corrected chi connectivity index (χ0v) is 10.5. The van der Waals surface area contributed by atoms with Crippen molar-refractivity contribution >= 4 is 5.97 Å². The maximum absolute atomic E-state index is 11.3. The molecule has 1 aromatic heterocycles. The van der Waals surface area contributed by atoms with Crippen LogP contribution in [0.5, 0.6) is 0 Å². The molecule has 2 fully saturated rings. The van der Waals surface area contributed by atoms with Crippen molar-refractivity contribution in [3.8, 4) is 0 Å². The number of ether oxygens (including phenoxy) is 1. The molecular formula is C14H18N2O2. The van der Waals surface area contributed by atoms with Gasteiger partial charge >= 0.3 is 5.97 Å². The molecule has 1 atom stereocenters. The van der Waals surface area contributed by atoms with Crippen LogP contribution in [0.1, 0.15) is 31.2 Å². The molecule has 0 bridgehead atoms. The van der Waals surface area contributed by atoms with Crippen molar-refractivity contribution in [1.82, 2.24) is 9.88 Å². The van der Waals surface area contributed by atoms with Crippen molar-refractivity contribution in [3.05, 3.63) is 30.1 Å². The molecular weight excluding hydrogens is 228 g/mol.